The summed E-state index contributed by atoms with van der Waals surface area (Å²) >= 11 is 1.49. The van der Waals surface area contributed by atoms with E-state index in [1.165, 1.54) is 24.5 Å². The first-order valence-corrected chi connectivity index (χ1v) is 8.34. The molecule has 0 atom stereocenters. The van der Waals surface area contributed by atoms with Gasteiger partial charge >= 0.3 is 0 Å². The zero-order valence-corrected chi connectivity index (χ0v) is 13.0. The average Bonchev–Trinajstić information content (AvgIpc) is 3.07. The summed E-state index contributed by atoms with van der Waals surface area (Å²) in [6, 6.07) is 8.30. The molecule has 0 unspecified atom stereocenters. The van der Waals surface area contributed by atoms with Crippen molar-refractivity contribution in [1.29, 1.82) is 0 Å². The molecule has 4 rings (SSSR count). The van der Waals surface area contributed by atoms with Crippen LogP contribution in [0, 0.1) is 0 Å². The molecule has 0 aliphatic carbocycles. The lowest BCUT2D eigenvalue weighted by Gasteiger charge is -2.34. The van der Waals surface area contributed by atoms with Gasteiger partial charge in [-0.2, -0.15) is 4.37 Å². The van der Waals surface area contributed by atoms with Gasteiger partial charge in [0.1, 0.15) is 0 Å². The highest BCUT2D eigenvalue weighted by Crippen LogP contribution is 2.26. The maximum absolute atomic E-state index is 4.66. The van der Waals surface area contributed by atoms with E-state index in [-0.39, 0.29) is 0 Å². The van der Waals surface area contributed by atoms with Gasteiger partial charge in [-0.3, -0.25) is 9.30 Å². The Morgan fingerprint density at radius 1 is 1.14 bits per heavy atom. The smallest absolute Gasteiger partial charge is 0.223 e. The van der Waals surface area contributed by atoms with Crippen molar-refractivity contribution < 1.29 is 0 Å². The van der Waals surface area contributed by atoms with E-state index in [9.17, 15) is 0 Å². The third kappa shape index (κ3) is 2.18. The number of fused-ring (bicyclic) bond motifs is 3. The van der Waals surface area contributed by atoms with E-state index < -0.39 is 0 Å². The summed E-state index contributed by atoms with van der Waals surface area (Å²) in [4.78, 5) is 10.6. The quantitative estimate of drug-likeness (QED) is 0.745. The Kier molecular flexibility index (Phi) is 3.27. The zero-order valence-electron chi connectivity index (χ0n) is 12.2. The summed E-state index contributed by atoms with van der Waals surface area (Å²) < 4.78 is 6.85. The summed E-state index contributed by atoms with van der Waals surface area (Å²) in [6.07, 6.45) is 1.23. The van der Waals surface area contributed by atoms with E-state index in [1.54, 1.807) is 0 Å². The van der Waals surface area contributed by atoms with Crippen molar-refractivity contribution in [3.8, 4) is 0 Å². The second-order valence-electron chi connectivity index (χ2n) is 5.53. The van der Waals surface area contributed by atoms with Gasteiger partial charge in [0.15, 0.2) is 0 Å². The maximum Gasteiger partial charge on any atom is 0.223 e. The Hall–Kier alpha value is -1.66. The largest absolute Gasteiger partial charge is 0.339 e. The summed E-state index contributed by atoms with van der Waals surface area (Å²) in [7, 11) is 0. The van der Waals surface area contributed by atoms with Crippen LogP contribution in [0.15, 0.2) is 24.3 Å². The van der Waals surface area contributed by atoms with Gasteiger partial charge in [0.05, 0.1) is 11.0 Å². The molecule has 110 valence electrons. The van der Waals surface area contributed by atoms with Crippen molar-refractivity contribution in [3.63, 3.8) is 0 Å². The third-order valence-corrected chi connectivity index (χ3v) is 4.83. The normalized spacial score (nSPS) is 17.1. The van der Waals surface area contributed by atoms with Crippen molar-refractivity contribution >= 4 is 33.5 Å². The third-order valence-electron chi connectivity index (χ3n) is 4.13. The van der Waals surface area contributed by atoms with Crippen LogP contribution in [-0.4, -0.2) is 51.4 Å². The van der Waals surface area contributed by atoms with Crippen LogP contribution in [0.3, 0.4) is 0 Å². The van der Waals surface area contributed by atoms with Crippen LogP contribution in [0.5, 0.6) is 0 Å². The molecule has 6 heteroatoms. The highest BCUT2D eigenvalue weighted by molar-refractivity contribution is 7.11. The number of piperazine rings is 1. The van der Waals surface area contributed by atoms with Crippen molar-refractivity contribution in [2.24, 2.45) is 0 Å². The molecule has 1 aliphatic heterocycles. The summed E-state index contributed by atoms with van der Waals surface area (Å²) in [5.41, 5.74) is 2.21. The van der Waals surface area contributed by atoms with Gasteiger partial charge in [-0.15, -0.1) is 0 Å². The molecule has 0 radical (unpaired) electrons. The van der Waals surface area contributed by atoms with Crippen molar-refractivity contribution in [2.45, 2.75) is 13.3 Å². The van der Waals surface area contributed by atoms with E-state index in [4.69, 9.17) is 0 Å². The van der Waals surface area contributed by atoms with Crippen LogP contribution >= 0.6 is 11.5 Å². The molecule has 0 spiro atoms. The minimum Gasteiger partial charge on any atom is -0.339 e. The highest BCUT2D eigenvalue weighted by atomic mass is 32.1. The molecule has 3 aromatic rings. The fraction of sp³-hybridized carbons (Fsp3) is 0.467. The first-order valence-electron chi connectivity index (χ1n) is 7.57. The SMILES string of the molecule is CCCN1CCN(c2nsc3nc4ccccc4n23)CC1. The van der Waals surface area contributed by atoms with Crippen molar-refractivity contribution in [3.05, 3.63) is 24.3 Å². The lowest BCUT2D eigenvalue weighted by atomic mass is 10.3. The van der Waals surface area contributed by atoms with E-state index in [2.05, 4.69) is 48.7 Å². The molecule has 1 aromatic carbocycles. The molecule has 21 heavy (non-hydrogen) atoms. The Morgan fingerprint density at radius 2 is 1.95 bits per heavy atom. The minimum atomic E-state index is 0.988. The molecule has 0 bridgehead atoms. The van der Waals surface area contributed by atoms with Gasteiger partial charge < -0.3 is 4.90 Å². The number of benzene rings is 1. The summed E-state index contributed by atoms with van der Waals surface area (Å²) in [5, 5.41) is 0. The lowest BCUT2D eigenvalue weighted by molar-refractivity contribution is 0.257. The van der Waals surface area contributed by atoms with Gasteiger partial charge in [-0.05, 0) is 25.1 Å². The monoisotopic (exact) mass is 301 g/mol. The van der Waals surface area contributed by atoms with Crippen LogP contribution in [-0.2, 0) is 0 Å². The van der Waals surface area contributed by atoms with E-state index in [0.29, 0.717) is 0 Å². The molecule has 1 aliphatic rings. The second-order valence-corrected chi connectivity index (χ2v) is 6.26. The predicted octanol–water partition coefficient (Wildman–Crippen LogP) is 2.48. The van der Waals surface area contributed by atoms with Gasteiger partial charge in [0, 0.05) is 37.7 Å². The second kappa shape index (κ2) is 5.27. The molecular formula is C15H19N5S. The lowest BCUT2D eigenvalue weighted by Crippen LogP contribution is -2.47. The summed E-state index contributed by atoms with van der Waals surface area (Å²) in [5.74, 6) is 1.06. The Bertz CT molecular complexity index is 754. The fourth-order valence-electron chi connectivity index (χ4n) is 3.07. The van der Waals surface area contributed by atoms with Crippen molar-refractivity contribution in [2.75, 3.05) is 37.6 Å². The first kappa shape index (κ1) is 13.0. The van der Waals surface area contributed by atoms with Gasteiger partial charge in [-0.1, -0.05) is 19.1 Å². The Labute approximate surface area is 128 Å². The molecule has 2 aromatic heterocycles. The van der Waals surface area contributed by atoms with E-state index >= 15 is 0 Å². The van der Waals surface area contributed by atoms with Crippen molar-refractivity contribution in [1.82, 2.24) is 18.7 Å². The predicted molar refractivity (Wildman–Crippen MR) is 87.3 cm³/mol. The van der Waals surface area contributed by atoms with Crippen LogP contribution < -0.4 is 4.90 Å². The standard InChI is InChI=1S/C15H19N5S/c1-2-7-18-8-10-19(11-9-18)14-17-21-15-16-12-5-3-4-6-13(12)20(14)15/h3-6H,2,7-11H2,1H3. The van der Waals surface area contributed by atoms with Crippen LogP contribution in [0.2, 0.25) is 0 Å². The Morgan fingerprint density at radius 3 is 2.76 bits per heavy atom. The number of hydrogen-bond acceptors (Lipinski definition) is 5. The molecule has 1 fully saturated rings. The molecule has 0 N–H and O–H groups in total. The molecule has 0 saturated carbocycles. The van der Waals surface area contributed by atoms with Crippen LogP contribution in [0.25, 0.3) is 16.0 Å². The highest BCUT2D eigenvalue weighted by Gasteiger charge is 2.22. The number of imidazole rings is 1. The first-order chi connectivity index (χ1) is 10.4. The molecule has 1 saturated heterocycles. The number of aromatic nitrogens is 3. The molecule has 3 heterocycles. The number of hydrogen-bond donors (Lipinski definition) is 0. The average molecular weight is 301 g/mol. The number of nitrogens with zero attached hydrogens (tertiary/aromatic N) is 5. The topological polar surface area (TPSA) is 36.7 Å². The fourth-order valence-corrected chi connectivity index (χ4v) is 3.83. The molecule has 0 amide bonds. The molecular weight excluding hydrogens is 282 g/mol. The summed E-state index contributed by atoms with van der Waals surface area (Å²) in [6.45, 7) is 7.79. The van der Waals surface area contributed by atoms with Gasteiger partial charge in [0.2, 0.25) is 10.9 Å². The van der Waals surface area contributed by atoms with Gasteiger partial charge in [-0.25, -0.2) is 4.98 Å². The maximum atomic E-state index is 4.66. The molecule has 5 nitrogen and oxygen atoms in total. The zero-order chi connectivity index (χ0) is 14.2. The minimum absolute atomic E-state index is 0.988. The van der Waals surface area contributed by atoms with Gasteiger partial charge in [0.25, 0.3) is 0 Å². The van der Waals surface area contributed by atoms with E-state index in [0.717, 1.165) is 48.1 Å². The number of anilines is 1. The van der Waals surface area contributed by atoms with Crippen LogP contribution in [0.1, 0.15) is 13.3 Å². The Balaban J connectivity index is 1.68. The van der Waals surface area contributed by atoms with Crippen LogP contribution in [0.4, 0.5) is 5.95 Å². The van der Waals surface area contributed by atoms with E-state index in [1.807, 2.05) is 6.07 Å². The number of rotatable bonds is 3. The number of para-hydroxylation sites is 2.